The molecule has 1 rings (SSSR count). The summed E-state index contributed by atoms with van der Waals surface area (Å²) in [6.07, 6.45) is 1.13. The molecular weight excluding hydrogens is 255 g/mol. The lowest BCUT2D eigenvalue weighted by molar-refractivity contribution is 0.206. The van der Waals surface area contributed by atoms with Gasteiger partial charge in [-0.3, -0.25) is 4.90 Å². The molecule has 0 aliphatic rings. The first kappa shape index (κ1) is 14.6. The maximum Gasteiger partial charge on any atom is 0.0693 e. The van der Waals surface area contributed by atoms with Crippen LogP contribution in [0.15, 0.2) is 12.1 Å². The van der Waals surface area contributed by atoms with E-state index >= 15 is 0 Å². The predicted octanol–water partition coefficient (Wildman–Crippen LogP) is 4.20. The van der Waals surface area contributed by atoms with E-state index in [4.69, 9.17) is 28.9 Å². The van der Waals surface area contributed by atoms with Crippen LogP contribution in [0.3, 0.4) is 0 Å². The van der Waals surface area contributed by atoms with E-state index in [1.807, 2.05) is 12.1 Å². The first-order chi connectivity index (χ1) is 7.99. The van der Waals surface area contributed by atoms with Gasteiger partial charge in [0, 0.05) is 12.6 Å². The van der Waals surface area contributed by atoms with Crippen LogP contribution < -0.4 is 5.73 Å². The van der Waals surface area contributed by atoms with E-state index in [1.54, 1.807) is 0 Å². The van der Waals surface area contributed by atoms with Gasteiger partial charge in [-0.05, 0) is 37.6 Å². The standard InChI is InChI=1S/C13H20Cl2N2/c1-4-9(3)17(5-2)8-10-6-11(14)13(16)12(15)7-10/h6-7,9H,4-5,8,16H2,1-3H3. The molecule has 0 spiro atoms. The summed E-state index contributed by atoms with van der Waals surface area (Å²) in [5, 5.41) is 1.07. The second-order valence-electron chi connectivity index (χ2n) is 4.29. The lowest BCUT2D eigenvalue weighted by atomic mass is 10.1. The fourth-order valence-electron chi connectivity index (χ4n) is 1.80. The van der Waals surface area contributed by atoms with Crippen molar-refractivity contribution in [2.24, 2.45) is 0 Å². The van der Waals surface area contributed by atoms with E-state index in [-0.39, 0.29) is 0 Å². The number of rotatable bonds is 5. The Kier molecular flexibility index (Phi) is 5.57. The highest BCUT2D eigenvalue weighted by Gasteiger charge is 2.12. The minimum Gasteiger partial charge on any atom is -0.396 e. The molecule has 2 nitrogen and oxygen atoms in total. The van der Waals surface area contributed by atoms with Gasteiger partial charge in [-0.1, -0.05) is 37.0 Å². The van der Waals surface area contributed by atoms with Gasteiger partial charge in [0.25, 0.3) is 0 Å². The topological polar surface area (TPSA) is 29.3 Å². The molecule has 1 unspecified atom stereocenters. The Morgan fingerprint density at radius 2 is 1.76 bits per heavy atom. The van der Waals surface area contributed by atoms with Crippen LogP contribution >= 0.6 is 23.2 Å². The lowest BCUT2D eigenvalue weighted by Gasteiger charge is -2.27. The Hall–Kier alpha value is -0.440. The minimum absolute atomic E-state index is 0.462. The maximum absolute atomic E-state index is 6.03. The molecule has 0 bridgehead atoms. The summed E-state index contributed by atoms with van der Waals surface area (Å²) in [7, 11) is 0. The van der Waals surface area contributed by atoms with Crippen molar-refractivity contribution in [3.63, 3.8) is 0 Å². The zero-order chi connectivity index (χ0) is 13.0. The molecule has 0 heterocycles. The fourth-order valence-corrected chi connectivity index (χ4v) is 2.33. The molecule has 17 heavy (non-hydrogen) atoms. The number of nitrogen functional groups attached to an aromatic ring is 1. The lowest BCUT2D eigenvalue weighted by Crippen LogP contribution is -2.31. The van der Waals surface area contributed by atoms with Crippen LogP contribution in [0.2, 0.25) is 10.0 Å². The number of anilines is 1. The molecular formula is C13H20Cl2N2. The quantitative estimate of drug-likeness (QED) is 0.816. The SMILES string of the molecule is CCC(C)N(CC)Cc1cc(Cl)c(N)c(Cl)c1. The average Bonchev–Trinajstić information content (AvgIpc) is 2.31. The molecule has 0 radical (unpaired) electrons. The van der Waals surface area contributed by atoms with Crippen LogP contribution in [0.25, 0.3) is 0 Å². The Morgan fingerprint density at radius 3 is 2.18 bits per heavy atom. The first-order valence-electron chi connectivity index (χ1n) is 5.97. The number of halogens is 2. The molecule has 4 heteroatoms. The van der Waals surface area contributed by atoms with Gasteiger partial charge in [-0.2, -0.15) is 0 Å². The van der Waals surface area contributed by atoms with Gasteiger partial charge in [0.15, 0.2) is 0 Å². The van der Waals surface area contributed by atoms with Crippen molar-refractivity contribution >= 4 is 28.9 Å². The van der Waals surface area contributed by atoms with Crippen molar-refractivity contribution in [2.75, 3.05) is 12.3 Å². The van der Waals surface area contributed by atoms with E-state index in [0.29, 0.717) is 21.8 Å². The molecule has 0 aliphatic heterocycles. The number of nitrogens with zero attached hydrogens (tertiary/aromatic N) is 1. The van der Waals surface area contributed by atoms with Crippen molar-refractivity contribution < 1.29 is 0 Å². The highest BCUT2D eigenvalue weighted by atomic mass is 35.5. The molecule has 0 saturated carbocycles. The molecule has 0 aromatic heterocycles. The third kappa shape index (κ3) is 3.77. The molecule has 1 atom stereocenters. The molecule has 0 amide bonds. The van der Waals surface area contributed by atoms with Crippen molar-refractivity contribution in [2.45, 2.75) is 39.8 Å². The summed E-state index contributed by atoms with van der Waals surface area (Å²) in [6.45, 7) is 8.44. The highest BCUT2D eigenvalue weighted by molar-refractivity contribution is 6.38. The Labute approximate surface area is 114 Å². The first-order valence-corrected chi connectivity index (χ1v) is 6.72. The third-order valence-electron chi connectivity index (χ3n) is 3.14. The van der Waals surface area contributed by atoms with Crippen LogP contribution in [0, 0.1) is 0 Å². The summed E-state index contributed by atoms with van der Waals surface area (Å²) in [5.74, 6) is 0. The molecule has 0 fully saturated rings. The zero-order valence-electron chi connectivity index (χ0n) is 10.6. The van der Waals surface area contributed by atoms with Gasteiger partial charge >= 0.3 is 0 Å². The molecule has 0 saturated heterocycles. The van der Waals surface area contributed by atoms with Crippen molar-refractivity contribution in [1.82, 2.24) is 4.90 Å². The Morgan fingerprint density at radius 1 is 1.24 bits per heavy atom. The summed E-state index contributed by atoms with van der Waals surface area (Å²) < 4.78 is 0. The molecule has 0 aliphatic carbocycles. The van der Waals surface area contributed by atoms with E-state index in [1.165, 1.54) is 0 Å². The smallest absolute Gasteiger partial charge is 0.0693 e. The maximum atomic E-state index is 6.03. The highest BCUT2D eigenvalue weighted by Crippen LogP contribution is 2.29. The van der Waals surface area contributed by atoms with Crippen LogP contribution in [0.1, 0.15) is 32.8 Å². The molecule has 1 aromatic rings. The largest absolute Gasteiger partial charge is 0.396 e. The summed E-state index contributed by atoms with van der Waals surface area (Å²) in [6, 6.07) is 4.34. The van der Waals surface area contributed by atoms with Crippen LogP contribution in [-0.4, -0.2) is 17.5 Å². The molecule has 2 N–H and O–H groups in total. The van der Waals surface area contributed by atoms with Crippen molar-refractivity contribution in [1.29, 1.82) is 0 Å². The monoisotopic (exact) mass is 274 g/mol. The van der Waals surface area contributed by atoms with Gasteiger partial charge in [-0.15, -0.1) is 0 Å². The van der Waals surface area contributed by atoms with Crippen molar-refractivity contribution in [3.05, 3.63) is 27.7 Å². The van der Waals surface area contributed by atoms with Gasteiger partial charge < -0.3 is 5.73 Å². The number of nitrogens with two attached hydrogens (primary N) is 1. The Balaban J connectivity index is 2.87. The number of hydrogen-bond acceptors (Lipinski definition) is 2. The number of benzene rings is 1. The van der Waals surface area contributed by atoms with Gasteiger partial charge in [0.05, 0.1) is 15.7 Å². The third-order valence-corrected chi connectivity index (χ3v) is 3.77. The van der Waals surface area contributed by atoms with Gasteiger partial charge in [0.2, 0.25) is 0 Å². The normalized spacial score (nSPS) is 13.1. The van der Waals surface area contributed by atoms with E-state index in [2.05, 4.69) is 25.7 Å². The number of hydrogen-bond donors (Lipinski definition) is 1. The van der Waals surface area contributed by atoms with Gasteiger partial charge in [-0.25, -0.2) is 0 Å². The average molecular weight is 275 g/mol. The second-order valence-corrected chi connectivity index (χ2v) is 5.11. The van der Waals surface area contributed by atoms with Crippen LogP contribution in [0.5, 0.6) is 0 Å². The summed E-state index contributed by atoms with van der Waals surface area (Å²) in [5.41, 5.74) is 7.29. The minimum atomic E-state index is 0.462. The van der Waals surface area contributed by atoms with E-state index in [0.717, 1.165) is 25.1 Å². The second kappa shape index (κ2) is 6.48. The Bertz CT molecular complexity index is 357. The van der Waals surface area contributed by atoms with Crippen LogP contribution in [-0.2, 0) is 6.54 Å². The van der Waals surface area contributed by atoms with Crippen molar-refractivity contribution in [3.8, 4) is 0 Å². The fraction of sp³-hybridized carbons (Fsp3) is 0.538. The molecule has 1 aromatic carbocycles. The zero-order valence-corrected chi connectivity index (χ0v) is 12.1. The van der Waals surface area contributed by atoms with Crippen LogP contribution in [0.4, 0.5) is 5.69 Å². The molecule has 96 valence electrons. The van der Waals surface area contributed by atoms with E-state index < -0.39 is 0 Å². The predicted molar refractivity (Wildman–Crippen MR) is 76.7 cm³/mol. The van der Waals surface area contributed by atoms with E-state index in [9.17, 15) is 0 Å². The summed E-state index contributed by atoms with van der Waals surface area (Å²) >= 11 is 12.1. The van der Waals surface area contributed by atoms with Gasteiger partial charge in [0.1, 0.15) is 0 Å². The summed E-state index contributed by atoms with van der Waals surface area (Å²) in [4.78, 5) is 2.39.